The van der Waals surface area contributed by atoms with E-state index < -0.39 is 0 Å². The first-order valence-corrected chi connectivity index (χ1v) is 10.6. The number of aromatic nitrogens is 2. The average molecular weight is 395 g/mol. The number of hydrogen-bond acceptors (Lipinski definition) is 4. The minimum atomic E-state index is 0.963. The first-order chi connectivity index (χ1) is 14.8. The van der Waals surface area contributed by atoms with Crippen molar-refractivity contribution in [3.8, 4) is 11.1 Å². The topological polar surface area (TPSA) is 32.3 Å². The van der Waals surface area contributed by atoms with Crippen molar-refractivity contribution in [3.05, 3.63) is 90.3 Å². The summed E-state index contributed by atoms with van der Waals surface area (Å²) < 4.78 is 0. The number of anilines is 1. The number of pyridine rings is 2. The molecule has 1 aliphatic rings. The van der Waals surface area contributed by atoms with Gasteiger partial charge in [-0.25, -0.2) is 4.98 Å². The Labute approximate surface area is 177 Å². The van der Waals surface area contributed by atoms with Crippen molar-refractivity contribution < 1.29 is 0 Å². The van der Waals surface area contributed by atoms with Gasteiger partial charge in [0.25, 0.3) is 0 Å². The number of para-hydroxylation sites is 1. The summed E-state index contributed by atoms with van der Waals surface area (Å²) in [5, 5.41) is 1.19. The van der Waals surface area contributed by atoms with Gasteiger partial charge >= 0.3 is 0 Å². The van der Waals surface area contributed by atoms with Crippen LogP contribution in [0.15, 0.2) is 79.1 Å². The second kappa shape index (κ2) is 8.25. The maximum Gasteiger partial charge on any atom is 0.129 e. The third kappa shape index (κ3) is 3.91. The Bertz CT molecular complexity index is 1130. The second-order valence-electron chi connectivity index (χ2n) is 8.04. The Balaban J connectivity index is 1.36. The van der Waals surface area contributed by atoms with Gasteiger partial charge in [0.15, 0.2) is 0 Å². The quantitative estimate of drug-likeness (QED) is 0.491. The van der Waals surface area contributed by atoms with Gasteiger partial charge in [0.2, 0.25) is 0 Å². The van der Waals surface area contributed by atoms with Crippen LogP contribution in [0.3, 0.4) is 0 Å². The van der Waals surface area contributed by atoms with E-state index in [1.165, 1.54) is 27.6 Å². The van der Waals surface area contributed by atoms with Crippen LogP contribution in [0.25, 0.3) is 22.0 Å². The van der Waals surface area contributed by atoms with Crippen molar-refractivity contribution >= 4 is 16.7 Å². The van der Waals surface area contributed by atoms with E-state index in [2.05, 4.69) is 82.4 Å². The normalized spacial score (nSPS) is 14.9. The molecule has 30 heavy (non-hydrogen) atoms. The molecule has 4 aromatic rings. The zero-order chi connectivity index (χ0) is 20.3. The zero-order valence-corrected chi connectivity index (χ0v) is 17.3. The van der Waals surface area contributed by atoms with Crippen LogP contribution in [-0.4, -0.2) is 41.0 Å². The first kappa shape index (κ1) is 18.8. The molecule has 0 N–H and O–H groups in total. The smallest absolute Gasteiger partial charge is 0.129 e. The van der Waals surface area contributed by atoms with Crippen molar-refractivity contribution in [2.45, 2.75) is 13.5 Å². The van der Waals surface area contributed by atoms with Gasteiger partial charge in [0.1, 0.15) is 5.82 Å². The van der Waals surface area contributed by atoms with Gasteiger partial charge in [0, 0.05) is 56.1 Å². The molecule has 0 spiro atoms. The Morgan fingerprint density at radius 3 is 2.43 bits per heavy atom. The van der Waals surface area contributed by atoms with Gasteiger partial charge in [-0.3, -0.25) is 9.88 Å². The van der Waals surface area contributed by atoms with Crippen LogP contribution in [0, 0.1) is 6.92 Å². The molecule has 1 aliphatic heterocycles. The lowest BCUT2D eigenvalue weighted by atomic mass is 10.0. The summed E-state index contributed by atoms with van der Waals surface area (Å²) in [7, 11) is 0. The number of aryl methyl sites for hydroxylation is 1. The number of rotatable bonds is 4. The fraction of sp³-hybridized carbons (Fsp3) is 0.231. The maximum absolute atomic E-state index is 5.10. The molecule has 5 rings (SSSR count). The standard InChI is InChI=1S/C26H26N4/c1-20-7-9-22(10-8-20)24-6-2-5-23-11-12-25(28-26(23)24)30-16-14-29(15-17-30)19-21-4-3-13-27-18-21/h2-13,18H,14-17,19H2,1H3. The van der Waals surface area contributed by atoms with Crippen LogP contribution in [0.1, 0.15) is 11.1 Å². The van der Waals surface area contributed by atoms with E-state index in [0.29, 0.717) is 0 Å². The van der Waals surface area contributed by atoms with Crippen LogP contribution in [0.4, 0.5) is 5.82 Å². The summed E-state index contributed by atoms with van der Waals surface area (Å²) in [6, 6.07) is 23.7. The Hall–Kier alpha value is -3.24. The molecule has 0 saturated carbocycles. The molecule has 4 nitrogen and oxygen atoms in total. The molecule has 0 amide bonds. The van der Waals surface area contributed by atoms with E-state index in [9.17, 15) is 0 Å². The van der Waals surface area contributed by atoms with E-state index in [-0.39, 0.29) is 0 Å². The molecule has 3 heterocycles. The SMILES string of the molecule is Cc1ccc(-c2cccc3ccc(N4CCN(Cc5cccnc5)CC4)nc23)cc1. The molecular weight excluding hydrogens is 368 g/mol. The molecule has 0 unspecified atom stereocenters. The van der Waals surface area contributed by atoms with E-state index in [4.69, 9.17) is 4.98 Å². The number of hydrogen-bond donors (Lipinski definition) is 0. The summed E-state index contributed by atoms with van der Waals surface area (Å²) >= 11 is 0. The summed E-state index contributed by atoms with van der Waals surface area (Å²) in [5.41, 5.74) is 6.05. The molecule has 1 fully saturated rings. The summed E-state index contributed by atoms with van der Waals surface area (Å²) in [5.74, 6) is 1.07. The lowest BCUT2D eigenvalue weighted by molar-refractivity contribution is 0.249. The summed E-state index contributed by atoms with van der Waals surface area (Å²) in [6.45, 7) is 7.14. The van der Waals surface area contributed by atoms with Gasteiger partial charge < -0.3 is 4.90 Å². The predicted molar refractivity (Wildman–Crippen MR) is 124 cm³/mol. The number of nitrogens with zero attached hydrogens (tertiary/aromatic N) is 4. The van der Waals surface area contributed by atoms with Crippen LogP contribution in [0.5, 0.6) is 0 Å². The molecule has 2 aromatic heterocycles. The molecule has 0 radical (unpaired) electrons. The average Bonchev–Trinajstić information content (AvgIpc) is 2.80. The van der Waals surface area contributed by atoms with Crippen molar-refractivity contribution in [2.24, 2.45) is 0 Å². The third-order valence-corrected chi connectivity index (χ3v) is 5.89. The lowest BCUT2D eigenvalue weighted by Gasteiger charge is -2.35. The molecule has 1 saturated heterocycles. The summed E-state index contributed by atoms with van der Waals surface area (Å²) in [6.07, 6.45) is 3.79. The van der Waals surface area contributed by atoms with Crippen LogP contribution in [-0.2, 0) is 6.54 Å². The Kier molecular flexibility index (Phi) is 5.16. The molecule has 150 valence electrons. The molecule has 0 atom stereocenters. The minimum Gasteiger partial charge on any atom is -0.354 e. The van der Waals surface area contributed by atoms with Gasteiger partial charge in [-0.1, -0.05) is 54.1 Å². The van der Waals surface area contributed by atoms with Crippen LogP contribution in [0.2, 0.25) is 0 Å². The highest BCUT2D eigenvalue weighted by Gasteiger charge is 2.19. The molecule has 2 aromatic carbocycles. The minimum absolute atomic E-state index is 0.963. The van der Waals surface area contributed by atoms with Crippen LogP contribution >= 0.6 is 0 Å². The monoisotopic (exact) mass is 394 g/mol. The molecule has 0 aliphatic carbocycles. The van der Waals surface area contributed by atoms with E-state index >= 15 is 0 Å². The highest BCUT2D eigenvalue weighted by molar-refractivity contribution is 5.94. The largest absolute Gasteiger partial charge is 0.354 e. The Morgan fingerprint density at radius 2 is 1.67 bits per heavy atom. The Morgan fingerprint density at radius 1 is 0.833 bits per heavy atom. The first-order valence-electron chi connectivity index (χ1n) is 10.6. The van der Waals surface area contributed by atoms with E-state index in [1.54, 1.807) is 0 Å². The molecule has 4 heteroatoms. The highest BCUT2D eigenvalue weighted by Crippen LogP contribution is 2.29. The van der Waals surface area contributed by atoms with Gasteiger partial charge in [-0.05, 0) is 36.2 Å². The van der Waals surface area contributed by atoms with Gasteiger partial charge in [0.05, 0.1) is 5.52 Å². The van der Waals surface area contributed by atoms with Crippen LogP contribution < -0.4 is 4.90 Å². The maximum atomic E-state index is 5.10. The number of benzene rings is 2. The zero-order valence-electron chi connectivity index (χ0n) is 17.3. The number of piperazine rings is 1. The van der Waals surface area contributed by atoms with Gasteiger partial charge in [-0.15, -0.1) is 0 Å². The van der Waals surface area contributed by atoms with E-state index in [1.807, 2.05) is 18.5 Å². The fourth-order valence-corrected chi connectivity index (χ4v) is 4.16. The van der Waals surface area contributed by atoms with Crippen molar-refractivity contribution in [3.63, 3.8) is 0 Å². The summed E-state index contributed by atoms with van der Waals surface area (Å²) in [4.78, 5) is 14.2. The number of fused-ring (bicyclic) bond motifs is 1. The van der Waals surface area contributed by atoms with Crippen molar-refractivity contribution in [1.29, 1.82) is 0 Å². The second-order valence-corrected chi connectivity index (χ2v) is 8.04. The highest BCUT2D eigenvalue weighted by atomic mass is 15.3. The molecular formula is C26H26N4. The van der Waals surface area contributed by atoms with Gasteiger partial charge in [-0.2, -0.15) is 0 Å². The van der Waals surface area contributed by atoms with Crippen molar-refractivity contribution in [1.82, 2.24) is 14.9 Å². The predicted octanol–water partition coefficient (Wildman–Crippen LogP) is 4.93. The van der Waals surface area contributed by atoms with Crippen molar-refractivity contribution in [2.75, 3.05) is 31.1 Å². The molecule has 0 bridgehead atoms. The lowest BCUT2D eigenvalue weighted by Crippen LogP contribution is -2.46. The fourth-order valence-electron chi connectivity index (χ4n) is 4.16. The van der Waals surface area contributed by atoms with E-state index in [0.717, 1.165) is 44.1 Å². The third-order valence-electron chi connectivity index (χ3n) is 5.89.